The molecular formula is C28H30N6O4. The summed E-state index contributed by atoms with van der Waals surface area (Å²) in [4.78, 5) is 40.9. The molecule has 2 aromatic rings. The first-order valence-corrected chi connectivity index (χ1v) is 12.6. The molecule has 2 saturated heterocycles. The van der Waals surface area contributed by atoms with E-state index in [1.165, 1.54) is 0 Å². The van der Waals surface area contributed by atoms with Gasteiger partial charge in [-0.15, -0.1) is 0 Å². The van der Waals surface area contributed by atoms with Crippen molar-refractivity contribution in [1.82, 2.24) is 20.9 Å². The topological polar surface area (TPSA) is 147 Å². The number of hydrogen-bond donors (Lipinski definition) is 3. The van der Waals surface area contributed by atoms with Gasteiger partial charge in [-0.2, -0.15) is 10.5 Å². The minimum atomic E-state index is -0.784. The zero-order chi connectivity index (χ0) is 27.0. The van der Waals surface area contributed by atoms with E-state index >= 15 is 0 Å². The lowest BCUT2D eigenvalue weighted by molar-refractivity contribution is -0.133. The van der Waals surface area contributed by atoms with Gasteiger partial charge in [0.15, 0.2) is 0 Å². The van der Waals surface area contributed by atoms with Crippen LogP contribution in [0.4, 0.5) is 4.79 Å². The second-order valence-electron chi connectivity index (χ2n) is 9.60. The summed E-state index contributed by atoms with van der Waals surface area (Å²) in [7, 11) is 0. The van der Waals surface area contributed by atoms with Crippen LogP contribution in [-0.2, 0) is 16.0 Å². The number of carbonyl (C=O) groups is 3. The van der Waals surface area contributed by atoms with Gasteiger partial charge < -0.3 is 25.6 Å². The van der Waals surface area contributed by atoms with Crippen molar-refractivity contribution in [2.45, 2.75) is 37.8 Å². The molecule has 0 bridgehead atoms. The van der Waals surface area contributed by atoms with Crippen molar-refractivity contribution in [3.8, 4) is 17.9 Å². The zero-order valence-electron chi connectivity index (χ0n) is 21.0. The van der Waals surface area contributed by atoms with E-state index in [0.717, 1.165) is 5.56 Å². The Hall–Kier alpha value is -4.41. The Morgan fingerprint density at radius 1 is 1.08 bits per heavy atom. The van der Waals surface area contributed by atoms with Gasteiger partial charge in [0.05, 0.1) is 35.6 Å². The second-order valence-corrected chi connectivity index (χ2v) is 9.60. The zero-order valence-corrected chi connectivity index (χ0v) is 21.0. The average Bonchev–Trinajstić information content (AvgIpc) is 3.06. The molecule has 10 nitrogen and oxygen atoms in total. The maximum atomic E-state index is 13.6. The first-order chi connectivity index (χ1) is 18.4. The molecule has 2 atom stereocenters. The van der Waals surface area contributed by atoms with Crippen molar-refractivity contribution < 1.29 is 19.1 Å². The summed E-state index contributed by atoms with van der Waals surface area (Å²) < 4.78 is 5.45. The Morgan fingerprint density at radius 3 is 2.45 bits per heavy atom. The second kappa shape index (κ2) is 12.2. The number of likely N-dealkylation sites (tertiary alicyclic amines) is 1. The quantitative estimate of drug-likeness (QED) is 0.499. The van der Waals surface area contributed by atoms with E-state index in [4.69, 9.17) is 15.3 Å². The van der Waals surface area contributed by atoms with Gasteiger partial charge in [0, 0.05) is 26.2 Å². The van der Waals surface area contributed by atoms with Crippen LogP contribution < -0.4 is 20.7 Å². The molecule has 2 aromatic carbocycles. The fourth-order valence-electron chi connectivity index (χ4n) is 4.87. The minimum Gasteiger partial charge on any atom is -0.410 e. The number of nitrogens with zero attached hydrogens (tertiary/aromatic N) is 3. The largest absolute Gasteiger partial charge is 0.415 e. The molecule has 3 N–H and O–H groups in total. The summed E-state index contributed by atoms with van der Waals surface area (Å²) in [6.07, 6.45) is 0.946. The van der Waals surface area contributed by atoms with Crippen LogP contribution >= 0.6 is 0 Å². The molecule has 0 saturated carbocycles. The lowest BCUT2D eigenvalue weighted by Crippen LogP contribution is -2.56. The Morgan fingerprint density at radius 2 is 1.79 bits per heavy atom. The molecule has 2 aliphatic rings. The molecule has 2 unspecified atom stereocenters. The van der Waals surface area contributed by atoms with Crippen molar-refractivity contribution in [3.63, 3.8) is 0 Å². The Kier molecular flexibility index (Phi) is 8.57. The Labute approximate surface area is 221 Å². The lowest BCUT2D eigenvalue weighted by atomic mass is 9.77. The van der Waals surface area contributed by atoms with Gasteiger partial charge in [-0.25, -0.2) is 4.79 Å². The molecule has 38 heavy (non-hydrogen) atoms. The molecule has 4 rings (SSSR count). The molecule has 0 aliphatic carbocycles. The van der Waals surface area contributed by atoms with Crippen LogP contribution in [0.15, 0.2) is 54.6 Å². The number of nitriles is 2. The van der Waals surface area contributed by atoms with E-state index in [2.05, 4.69) is 22.0 Å². The van der Waals surface area contributed by atoms with Crippen LogP contribution in [0.25, 0.3) is 0 Å². The van der Waals surface area contributed by atoms with Crippen LogP contribution in [0.5, 0.6) is 5.75 Å². The Balaban J connectivity index is 1.46. The first kappa shape index (κ1) is 26.6. The van der Waals surface area contributed by atoms with Gasteiger partial charge in [-0.3, -0.25) is 9.59 Å². The van der Waals surface area contributed by atoms with Crippen LogP contribution in [0.1, 0.15) is 30.4 Å². The highest BCUT2D eigenvalue weighted by Gasteiger charge is 2.47. The number of benzene rings is 2. The summed E-state index contributed by atoms with van der Waals surface area (Å²) in [5, 5.41) is 27.1. The number of rotatable bonds is 6. The fourth-order valence-corrected chi connectivity index (χ4v) is 4.87. The summed E-state index contributed by atoms with van der Waals surface area (Å²) in [5.74, 6) is 0.00901. The van der Waals surface area contributed by atoms with Gasteiger partial charge in [-0.1, -0.05) is 30.3 Å². The van der Waals surface area contributed by atoms with Gasteiger partial charge in [0.2, 0.25) is 11.8 Å². The molecule has 10 heteroatoms. The minimum absolute atomic E-state index is 0.160. The Bertz CT molecular complexity index is 1230. The summed E-state index contributed by atoms with van der Waals surface area (Å²) in [5.41, 5.74) is 0.619. The molecule has 0 radical (unpaired) electrons. The number of ether oxygens (including phenoxy) is 1. The number of hydrogen-bond acceptors (Lipinski definition) is 7. The van der Waals surface area contributed by atoms with Gasteiger partial charge >= 0.3 is 6.09 Å². The predicted octanol–water partition coefficient (Wildman–Crippen LogP) is 1.87. The summed E-state index contributed by atoms with van der Waals surface area (Å²) >= 11 is 0. The summed E-state index contributed by atoms with van der Waals surface area (Å²) in [6, 6.07) is 18.7. The standard InChI is InChI=1S/C28H30N6O4/c29-13-4-14-31-25(35)24-23(17-20-7-9-21(18-30)10-8-20)33-26(36)28(19-32-24)11-15-34(16-12-28)27(37)38-22-5-2-1-3-6-22/h1-3,5-10,23-24,32H,4,11-12,14-17,19H2,(H,31,35)(H,33,36). The third kappa shape index (κ3) is 6.28. The highest BCUT2D eigenvalue weighted by atomic mass is 16.6. The van der Waals surface area contributed by atoms with Crippen molar-refractivity contribution in [2.24, 2.45) is 5.41 Å². The monoisotopic (exact) mass is 514 g/mol. The van der Waals surface area contributed by atoms with Gasteiger partial charge in [0.25, 0.3) is 0 Å². The fraction of sp³-hybridized carbons (Fsp3) is 0.393. The van der Waals surface area contributed by atoms with Crippen LogP contribution in [-0.4, -0.2) is 61.1 Å². The molecular weight excluding hydrogens is 484 g/mol. The van der Waals surface area contributed by atoms with Crippen molar-refractivity contribution in [1.29, 1.82) is 10.5 Å². The average molecular weight is 515 g/mol. The van der Waals surface area contributed by atoms with Crippen LogP contribution in [0.2, 0.25) is 0 Å². The van der Waals surface area contributed by atoms with Crippen molar-refractivity contribution >= 4 is 17.9 Å². The highest BCUT2D eigenvalue weighted by Crippen LogP contribution is 2.34. The third-order valence-electron chi connectivity index (χ3n) is 7.15. The van der Waals surface area contributed by atoms with Crippen LogP contribution in [0.3, 0.4) is 0 Å². The maximum Gasteiger partial charge on any atom is 0.415 e. The maximum absolute atomic E-state index is 13.6. The number of para-hydroxylation sites is 1. The number of amides is 3. The normalized spacial score (nSPS) is 20.4. The molecule has 2 heterocycles. The molecule has 196 valence electrons. The number of piperidine rings is 1. The SMILES string of the molecule is N#CCCNC(=O)C1NCC2(CCN(C(=O)Oc3ccccc3)CC2)C(=O)NC1Cc1ccc(C#N)cc1. The molecule has 1 spiro atoms. The first-order valence-electron chi connectivity index (χ1n) is 12.6. The highest BCUT2D eigenvalue weighted by molar-refractivity contribution is 5.88. The van der Waals surface area contributed by atoms with Crippen molar-refractivity contribution in [2.75, 3.05) is 26.2 Å². The number of nitrogens with one attached hydrogen (secondary N) is 3. The van der Waals surface area contributed by atoms with E-state index in [1.807, 2.05) is 24.3 Å². The van der Waals surface area contributed by atoms with Crippen molar-refractivity contribution in [3.05, 3.63) is 65.7 Å². The van der Waals surface area contributed by atoms with E-state index < -0.39 is 23.6 Å². The lowest BCUT2D eigenvalue weighted by Gasteiger charge is -2.39. The molecule has 0 aromatic heterocycles. The number of carbonyl (C=O) groups excluding carboxylic acids is 3. The molecule has 2 fully saturated rings. The smallest absolute Gasteiger partial charge is 0.410 e. The van der Waals surface area contributed by atoms with E-state index in [1.54, 1.807) is 41.3 Å². The third-order valence-corrected chi connectivity index (χ3v) is 7.15. The van der Waals surface area contributed by atoms with Gasteiger partial charge in [0.1, 0.15) is 11.8 Å². The van der Waals surface area contributed by atoms with Gasteiger partial charge in [-0.05, 0) is 49.1 Å². The predicted molar refractivity (Wildman–Crippen MR) is 138 cm³/mol. The van der Waals surface area contributed by atoms with E-state index in [-0.39, 0.29) is 31.3 Å². The summed E-state index contributed by atoms with van der Waals surface area (Å²) in [6.45, 7) is 1.19. The van der Waals surface area contributed by atoms with E-state index in [0.29, 0.717) is 43.7 Å². The molecule has 2 aliphatic heterocycles. The van der Waals surface area contributed by atoms with Crippen LogP contribution in [0, 0.1) is 28.1 Å². The van der Waals surface area contributed by atoms with E-state index in [9.17, 15) is 14.4 Å². The molecule has 3 amide bonds.